The molecule has 3 heteroatoms. The minimum Gasteiger partial charge on any atom is -0.449 e. The van der Waals surface area contributed by atoms with Gasteiger partial charge in [0.15, 0.2) is 5.60 Å². The highest BCUT2D eigenvalue weighted by atomic mass is 16.6. The van der Waals surface area contributed by atoms with Crippen molar-refractivity contribution >= 4 is 5.97 Å². The maximum atomic E-state index is 11.7. The van der Waals surface area contributed by atoms with Crippen molar-refractivity contribution in [3.8, 4) is 0 Å². The lowest BCUT2D eigenvalue weighted by Crippen LogP contribution is -2.43. The van der Waals surface area contributed by atoms with E-state index >= 15 is 0 Å². The molecule has 2 aliphatic rings. The van der Waals surface area contributed by atoms with Gasteiger partial charge in [0, 0.05) is 12.1 Å². The van der Waals surface area contributed by atoms with E-state index in [-0.39, 0.29) is 11.6 Å². The van der Waals surface area contributed by atoms with E-state index < -0.39 is 0 Å². The minimum absolute atomic E-state index is 0.172. The molecule has 3 rings (SSSR count). The Bertz CT molecular complexity index is 408. The van der Waals surface area contributed by atoms with Crippen LogP contribution in [-0.4, -0.2) is 19.1 Å². The molecule has 0 saturated carbocycles. The summed E-state index contributed by atoms with van der Waals surface area (Å²) in [5.41, 5.74) is 1.41. The van der Waals surface area contributed by atoms with Crippen molar-refractivity contribution < 1.29 is 9.53 Å². The zero-order chi connectivity index (χ0) is 10.3. The summed E-state index contributed by atoms with van der Waals surface area (Å²) in [6, 6.07) is 7.71. The lowest BCUT2D eigenvalue weighted by molar-refractivity contribution is -0.0203. The second kappa shape index (κ2) is 3.07. The summed E-state index contributed by atoms with van der Waals surface area (Å²) < 4.78 is 5.56. The van der Waals surface area contributed by atoms with Crippen LogP contribution in [0.4, 0.5) is 0 Å². The van der Waals surface area contributed by atoms with Gasteiger partial charge in [-0.15, -0.1) is 0 Å². The van der Waals surface area contributed by atoms with Gasteiger partial charge in [-0.3, -0.25) is 0 Å². The fourth-order valence-electron chi connectivity index (χ4n) is 2.54. The highest BCUT2D eigenvalue weighted by molar-refractivity contribution is 5.94. The van der Waals surface area contributed by atoms with E-state index in [0.717, 1.165) is 37.1 Å². The summed E-state index contributed by atoms with van der Waals surface area (Å²) in [7, 11) is 0. The number of hydrogen-bond donors (Lipinski definition) is 1. The minimum atomic E-state index is -0.383. The summed E-state index contributed by atoms with van der Waals surface area (Å²) in [4.78, 5) is 11.7. The van der Waals surface area contributed by atoms with Crippen molar-refractivity contribution in [1.29, 1.82) is 0 Å². The highest BCUT2D eigenvalue weighted by Crippen LogP contribution is 2.40. The Morgan fingerprint density at radius 1 is 1.33 bits per heavy atom. The number of rotatable bonds is 0. The topological polar surface area (TPSA) is 38.3 Å². The molecule has 3 nitrogen and oxygen atoms in total. The Balaban J connectivity index is 2.10. The summed E-state index contributed by atoms with van der Waals surface area (Å²) in [5.74, 6) is -0.172. The van der Waals surface area contributed by atoms with Gasteiger partial charge in [-0.2, -0.15) is 0 Å². The van der Waals surface area contributed by atoms with Crippen LogP contribution in [0.3, 0.4) is 0 Å². The maximum Gasteiger partial charge on any atom is 0.339 e. The highest BCUT2D eigenvalue weighted by Gasteiger charge is 2.45. The molecule has 1 spiro atoms. The average Bonchev–Trinajstić information content (AvgIpc) is 2.55. The van der Waals surface area contributed by atoms with Crippen LogP contribution < -0.4 is 5.32 Å². The number of piperidine rings is 1. The third kappa shape index (κ3) is 1.20. The predicted molar refractivity (Wildman–Crippen MR) is 55.6 cm³/mol. The Morgan fingerprint density at radius 2 is 2.20 bits per heavy atom. The smallest absolute Gasteiger partial charge is 0.339 e. The molecule has 2 aliphatic heterocycles. The second-order valence-corrected chi connectivity index (χ2v) is 4.21. The zero-order valence-electron chi connectivity index (χ0n) is 8.45. The van der Waals surface area contributed by atoms with Crippen LogP contribution in [0.5, 0.6) is 0 Å². The molecule has 0 aromatic heterocycles. The SMILES string of the molecule is O=C1O[C@]2(CCCNC2)c2ccccc21. The molecule has 2 heterocycles. The van der Waals surface area contributed by atoms with Crippen LogP contribution in [0.1, 0.15) is 28.8 Å². The van der Waals surface area contributed by atoms with Crippen molar-refractivity contribution in [1.82, 2.24) is 5.32 Å². The fraction of sp³-hybridized carbons (Fsp3) is 0.417. The van der Waals surface area contributed by atoms with E-state index in [1.165, 1.54) is 0 Å². The summed E-state index contributed by atoms with van der Waals surface area (Å²) in [6.07, 6.45) is 1.99. The first kappa shape index (κ1) is 8.92. The summed E-state index contributed by atoms with van der Waals surface area (Å²) >= 11 is 0. The quantitative estimate of drug-likeness (QED) is 0.648. The van der Waals surface area contributed by atoms with Gasteiger partial charge in [-0.1, -0.05) is 18.2 Å². The van der Waals surface area contributed by atoms with E-state index in [4.69, 9.17) is 4.74 Å². The van der Waals surface area contributed by atoms with Crippen LogP contribution in [0.15, 0.2) is 24.3 Å². The largest absolute Gasteiger partial charge is 0.449 e. The van der Waals surface area contributed by atoms with Crippen molar-refractivity contribution in [2.45, 2.75) is 18.4 Å². The van der Waals surface area contributed by atoms with Crippen molar-refractivity contribution in [2.24, 2.45) is 0 Å². The molecule has 0 amide bonds. The number of nitrogens with one attached hydrogen (secondary N) is 1. The van der Waals surface area contributed by atoms with E-state index in [1.807, 2.05) is 24.3 Å². The van der Waals surface area contributed by atoms with Gasteiger partial charge in [0.05, 0.1) is 5.56 Å². The lowest BCUT2D eigenvalue weighted by atomic mass is 9.86. The number of esters is 1. The van der Waals surface area contributed by atoms with Gasteiger partial charge in [-0.25, -0.2) is 4.79 Å². The van der Waals surface area contributed by atoms with Crippen molar-refractivity contribution in [2.75, 3.05) is 13.1 Å². The molecule has 78 valence electrons. The number of ether oxygens (including phenoxy) is 1. The van der Waals surface area contributed by atoms with Gasteiger partial charge in [0.25, 0.3) is 0 Å². The second-order valence-electron chi connectivity index (χ2n) is 4.21. The Kier molecular flexibility index (Phi) is 1.83. The lowest BCUT2D eigenvalue weighted by Gasteiger charge is -2.33. The third-order valence-corrected chi connectivity index (χ3v) is 3.27. The predicted octanol–water partition coefficient (Wildman–Crippen LogP) is 1.44. The fourth-order valence-corrected chi connectivity index (χ4v) is 2.54. The molecule has 1 aromatic rings. The molecule has 1 aromatic carbocycles. The van der Waals surface area contributed by atoms with Gasteiger partial charge >= 0.3 is 5.97 Å². The molecular weight excluding hydrogens is 190 g/mol. The number of carbonyl (C=O) groups excluding carboxylic acids is 1. The Morgan fingerprint density at radius 3 is 3.00 bits per heavy atom. The number of fused-ring (bicyclic) bond motifs is 2. The third-order valence-electron chi connectivity index (χ3n) is 3.27. The number of carbonyl (C=O) groups is 1. The van der Waals surface area contributed by atoms with Crippen LogP contribution in [0.25, 0.3) is 0 Å². The van der Waals surface area contributed by atoms with Crippen LogP contribution in [0, 0.1) is 0 Å². The standard InChI is InChI=1S/C12H13NO2/c14-11-9-4-1-2-5-10(9)12(15-11)6-3-7-13-8-12/h1-2,4-5,13H,3,6-8H2/t12-/m0/s1. The van der Waals surface area contributed by atoms with Gasteiger partial charge in [0.1, 0.15) is 0 Å². The monoisotopic (exact) mass is 203 g/mol. The van der Waals surface area contributed by atoms with Crippen LogP contribution >= 0.6 is 0 Å². The van der Waals surface area contributed by atoms with E-state index in [1.54, 1.807) is 0 Å². The molecule has 0 unspecified atom stereocenters. The molecule has 0 bridgehead atoms. The first-order valence-corrected chi connectivity index (χ1v) is 5.35. The molecule has 1 N–H and O–H groups in total. The van der Waals surface area contributed by atoms with Crippen LogP contribution in [0.2, 0.25) is 0 Å². The van der Waals surface area contributed by atoms with Crippen molar-refractivity contribution in [3.05, 3.63) is 35.4 Å². The average molecular weight is 203 g/mol. The van der Waals surface area contributed by atoms with E-state index in [2.05, 4.69) is 5.32 Å². The maximum absolute atomic E-state index is 11.7. The normalized spacial score (nSPS) is 28.9. The molecule has 1 saturated heterocycles. The van der Waals surface area contributed by atoms with E-state index in [9.17, 15) is 4.79 Å². The zero-order valence-corrected chi connectivity index (χ0v) is 8.45. The molecule has 15 heavy (non-hydrogen) atoms. The van der Waals surface area contributed by atoms with Crippen molar-refractivity contribution in [3.63, 3.8) is 0 Å². The number of hydrogen-bond acceptors (Lipinski definition) is 3. The van der Waals surface area contributed by atoms with Crippen LogP contribution in [-0.2, 0) is 10.3 Å². The molecule has 0 aliphatic carbocycles. The van der Waals surface area contributed by atoms with E-state index in [0.29, 0.717) is 0 Å². The van der Waals surface area contributed by atoms with Gasteiger partial charge in [0.2, 0.25) is 0 Å². The molecule has 0 radical (unpaired) electrons. The summed E-state index contributed by atoms with van der Waals surface area (Å²) in [6.45, 7) is 1.76. The first-order valence-electron chi connectivity index (χ1n) is 5.35. The molecule has 1 fully saturated rings. The Hall–Kier alpha value is -1.35. The first-order chi connectivity index (χ1) is 7.32. The summed E-state index contributed by atoms with van der Waals surface area (Å²) in [5, 5.41) is 3.30. The number of benzene rings is 1. The Labute approximate surface area is 88.4 Å². The molecule has 1 atom stereocenters. The van der Waals surface area contributed by atoms with Gasteiger partial charge < -0.3 is 10.1 Å². The molecular formula is C12H13NO2. The van der Waals surface area contributed by atoms with Gasteiger partial charge in [-0.05, 0) is 25.5 Å².